The number of ether oxygens (including phenoxy) is 3. The van der Waals surface area contributed by atoms with Gasteiger partial charge in [-0.25, -0.2) is 4.79 Å². The first kappa shape index (κ1) is 24.3. The number of carbonyl (C=O) groups excluding carboxylic acids is 2. The quantitative estimate of drug-likeness (QED) is 0.539. The van der Waals surface area contributed by atoms with E-state index in [9.17, 15) is 14.4 Å². The molecule has 11 heteroatoms. The van der Waals surface area contributed by atoms with Gasteiger partial charge in [-0.1, -0.05) is 0 Å². The summed E-state index contributed by atoms with van der Waals surface area (Å²) >= 11 is 5.47. The minimum atomic E-state index is -0.372. The van der Waals surface area contributed by atoms with Gasteiger partial charge in [-0.3, -0.25) is 14.2 Å². The van der Waals surface area contributed by atoms with Crippen LogP contribution in [0, 0.1) is 4.77 Å². The molecule has 1 aromatic heterocycles. The summed E-state index contributed by atoms with van der Waals surface area (Å²) in [5, 5.41) is 0.386. The number of methoxy groups -OCH3 is 2. The van der Waals surface area contributed by atoms with Gasteiger partial charge in [0.25, 0.3) is 11.5 Å². The number of rotatable bonds is 5. The molecule has 0 spiro atoms. The Morgan fingerprint density at radius 3 is 2.31 bits per heavy atom. The fourth-order valence-corrected chi connectivity index (χ4v) is 4.34. The molecule has 2 heterocycles. The second-order valence-electron chi connectivity index (χ2n) is 7.85. The Bertz CT molecular complexity index is 1390. The van der Waals surface area contributed by atoms with Gasteiger partial charge in [-0.15, -0.1) is 0 Å². The summed E-state index contributed by atoms with van der Waals surface area (Å²) in [5.74, 6) is 0.820. The fourth-order valence-electron chi connectivity index (χ4n) is 4.04. The van der Waals surface area contributed by atoms with Crippen LogP contribution < -0.4 is 15.0 Å². The topological polar surface area (TPSA) is 106 Å². The third kappa shape index (κ3) is 4.72. The summed E-state index contributed by atoms with van der Waals surface area (Å²) in [7, 11) is 3.05. The Kier molecular flexibility index (Phi) is 7.06. The van der Waals surface area contributed by atoms with Gasteiger partial charge in [0.2, 0.25) is 0 Å². The molecule has 0 unspecified atom stereocenters. The van der Waals surface area contributed by atoms with Crippen molar-refractivity contribution in [3.63, 3.8) is 0 Å². The van der Waals surface area contributed by atoms with Gasteiger partial charge in [-0.05, 0) is 49.5 Å². The smallest absolute Gasteiger partial charge is 0.409 e. The van der Waals surface area contributed by atoms with Gasteiger partial charge >= 0.3 is 6.09 Å². The lowest BCUT2D eigenvalue weighted by Crippen LogP contribution is -2.50. The Balaban J connectivity index is 1.62. The Morgan fingerprint density at radius 1 is 0.971 bits per heavy atom. The van der Waals surface area contributed by atoms with Crippen LogP contribution in [0.1, 0.15) is 17.3 Å². The normalized spacial score (nSPS) is 13.6. The van der Waals surface area contributed by atoms with Crippen molar-refractivity contribution >= 4 is 35.1 Å². The van der Waals surface area contributed by atoms with E-state index in [2.05, 4.69) is 4.98 Å². The number of piperazine rings is 1. The minimum Gasteiger partial charge on any atom is -0.493 e. The summed E-state index contributed by atoms with van der Waals surface area (Å²) in [4.78, 5) is 44.6. The molecule has 10 nitrogen and oxygen atoms in total. The number of H-pyrrole nitrogens is 1. The molecule has 0 atom stereocenters. The van der Waals surface area contributed by atoms with Gasteiger partial charge in [0, 0.05) is 37.8 Å². The van der Waals surface area contributed by atoms with E-state index in [0.29, 0.717) is 66.4 Å². The number of fused-ring (bicyclic) bond motifs is 1. The minimum absolute atomic E-state index is 0.182. The average molecular weight is 499 g/mol. The lowest BCUT2D eigenvalue weighted by molar-refractivity contribution is 0.0570. The summed E-state index contributed by atoms with van der Waals surface area (Å²) in [6.07, 6.45) is -0.372. The lowest BCUT2D eigenvalue weighted by Gasteiger charge is -2.34. The number of aromatic amines is 1. The summed E-state index contributed by atoms with van der Waals surface area (Å²) in [6, 6.07) is 9.95. The lowest BCUT2D eigenvalue weighted by atomic mass is 10.1. The number of benzene rings is 2. The molecule has 0 aliphatic carbocycles. The molecule has 0 saturated carbocycles. The highest BCUT2D eigenvalue weighted by Gasteiger charge is 2.26. The summed E-state index contributed by atoms with van der Waals surface area (Å²) < 4.78 is 17.2. The van der Waals surface area contributed by atoms with Crippen molar-refractivity contribution in [1.82, 2.24) is 19.4 Å². The van der Waals surface area contributed by atoms with E-state index in [1.165, 1.54) is 18.8 Å². The van der Waals surface area contributed by atoms with Crippen LogP contribution in [-0.4, -0.2) is 78.4 Å². The van der Waals surface area contributed by atoms with E-state index in [4.69, 9.17) is 26.4 Å². The second kappa shape index (κ2) is 10.2. The van der Waals surface area contributed by atoms with E-state index in [1.807, 2.05) is 0 Å². The van der Waals surface area contributed by atoms with Gasteiger partial charge in [-0.2, -0.15) is 0 Å². The van der Waals surface area contributed by atoms with Crippen molar-refractivity contribution in [2.75, 3.05) is 47.0 Å². The molecule has 1 N–H and O–H groups in total. The molecule has 4 rings (SSSR count). The number of carbonyl (C=O) groups is 2. The zero-order valence-electron chi connectivity index (χ0n) is 19.7. The highest BCUT2D eigenvalue weighted by Crippen LogP contribution is 2.29. The molecular formula is C24H26N4O6S. The molecule has 184 valence electrons. The van der Waals surface area contributed by atoms with E-state index >= 15 is 0 Å². The Labute approximate surface area is 206 Å². The molecule has 1 fully saturated rings. The number of hydrogen-bond donors (Lipinski definition) is 1. The molecular weight excluding hydrogens is 472 g/mol. The number of aromatic nitrogens is 2. The Hall–Kier alpha value is -3.86. The largest absolute Gasteiger partial charge is 0.493 e. The number of nitrogens with zero attached hydrogens (tertiary/aromatic N) is 3. The first-order valence-corrected chi connectivity index (χ1v) is 11.5. The van der Waals surface area contributed by atoms with E-state index in [-0.39, 0.29) is 22.3 Å². The monoisotopic (exact) mass is 498 g/mol. The molecule has 1 aliphatic heterocycles. The molecule has 2 aromatic carbocycles. The molecule has 2 amide bonds. The van der Waals surface area contributed by atoms with Crippen molar-refractivity contribution in [2.45, 2.75) is 6.92 Å². The van der Waals surface area contributed by atoms with E-state index < -0.39 is 0 Å². The first-order chi connectivity index (χ1) is 16.9. The van der Waals surface area contributed by atoms with Gasteiger partial charge < -0.3 is 29.0 Å². The zero-order chi connectivity index (χ0) is 25.1. The van der Waals surface area contributed by atoms with Gasteiger partial charge in [0.15, 0.2) is 16.3 Å². The van der Waals surface area contributed by atoms with Crippen LogP contribution in [0.25, 0.3) is 16.6 Å². The summed E-state index contributed by atoms with van der Waals surface area (Å²) in [5.41, 5.74) is 1.09. The fraction of sp³-hybridized carbons (Fsp3) is 0.333. The molecule has 3 aromatic rings. The van der Waals surface area contributed by atoms with Gasteiger partial charge in [0.05, 0.1) is 37.4 Å². The summed E-state index contributed by atoms with van der Waals surface area (Å²) in [6.45, 7) is 3.65. The van der Waals surface area contributed by atoms with Crippen molar-refractivity contribution < 1.29 is 23.8 Å². The number of nitrogens with one attached hydrogen (secondary N) is 1. The van der Waals surface area contributed by atoms with Crippen molar-refractivity contribution in [3.8, 4) is 17.2 Å². The van der Waals surface area contributed by atoms with Crippen LogP contribution in [0.15, 0.2) is 41.2 Å². The molecule has 1 aliphatic rings. The van der Waals surface area contributed by atoms with E-state index in [0.717, 1.165) is 0 Å². The molecule has 0 radical (unpaired) electrons. The van der Waals surface area contributed by atoms with Crippen LogP contribution in [0.4, 0.5) is 4.79 Å². The van der Waals surface area contributed by atoms with Crippen molar-refractivity contribution in [2.24, 2.45) is 0 Å². The maximum Gasteiger partial charge on any atom is 0.409 e. The van der Waals surface area contributed by atoms with Gasteiger partial charge in [0.1, 0.15) is 0 Å². The average Bonchev–Trinajstić information content (AvgIpc) is 2.88. The highest BCUT2D eigenvalue weighted by atomic mass is 32.1. The number of amides is 2. The molecule has 1 saturated heterocycles. The predicted molar refractivity (Wildman–Crippen MR) is 132 cm³/mol. The first-order valence-electron chi connectivity index (χ1n) is 11.1. The highest BCUT2D eigenvalue weighted by molar-refractivity contribution is 7.71. The number of hydrogen-bond acceptors (Lipinski definition) is 7. The molecule has 35 heavy (non-hydrogen) atoms. The van der Waals surface area contributed by atoms with Crippen LogP contribution in [0.2, 0.25) is 0 Å². The maximum absolute atomic E-state index is 13.3. The van der Waals surface area contributed by atoms with Crippen molar-refractivity contribution in [1.29, 1.82) is 0 Å². The van der Waals surface area contributed by atoms with Crippen LogP contribution in [-0.2, 0) is 4.74 Å². The van der Waals surface area contributed by atoms with E-state index in [1.54, 1.807) is 53.1 Å². The molecule has 0 bridgehead atoms. The predicted octanol–water partition coefficient (Wildman–Crippen LogP) is 2.98. The maximum atomic E-state index is 13.3. The van der Waals surface area contributed by atoms with Crippen LogP contribution >= 0.6 is 12.2 Å². The van der Waals surface area contributed by atoms with Crippen LogP contribution in [0.3, 0.4) is 0 Å². The van der Waals surface area contributed by atoms with Crippen molar-refractivity contribution in [3.05, 3.63) is 57.1 Å². The third-order valence-electron chi connectivity index (χ3n) is 5.86. The zero-order valence-corrected chi connectivity index (χ0v) is 20.5. The Morgan fingerprint density at radius 2 is 1.66 bits per heavy atom. The SMILES string of the molecule is CCOC(=O)N1CCN(C(=O)c2ccc3c(=O)n(-c4ccc(OC)c(OC)c4)c(=S)[nH]c3c2)CC1. The third-order valence-corrected chi connectivity index (χ3v) is 6.15. The standard InChI is InChI=1S/C24H26N4O6S/c1-4-34-24(31)27-11-9-26(10-12-27)21(29)15-5-7-17-18(13-15)25-23(35)28(22(17)30)16-6-8-19(32-2)20(14-16)33-3/h5-8,13-14H,4,9-12H2,1-3H3,(H,25,35). The van der Waals surface area contributed by atoms with Crippen LogP contribution in [0.5, 0.6) is 11.5 Å². The second-order valence-corrected chi connectivity index (χ2v) is 8.24.